The Morgan fingerprint density at radius 1 is 1.36 bits per heavy atom. The predicted molar refractivity (Wildman–Crippen MR) is 81.5 cm³/mol. The zero-order valence-corrected chi connectivity index (χ0v) is 12.4. The van der Waals surface area contributed by atoms with Crippen molar-refractivity contribution in [3.05, 3.63) is 53.1 Å². The van der Waals surface area contributed by atoms with Gasteiger partial charge in [0, 0.05) is 24.8 Å². The fourth-order valence-electron chi connectivity index (χ4n) is 2.49. The third-order valence-electron chi connectivity index (χ3n) is 3.64. The zero-order chi connectivity index (χ0) is 15.5. The molecule has 1 aromatic carbocycles. The summed E-state index contributed by atoms with van der Waals surface area (Å²) in [7, 11) is 0. The number of anilines is 1. The molecule has 1 N–H and O–H groups in total. The first-order valence-electron chi connectivity index (χ1n) is 6.91. The van der Waals surface area contributed by atoms with Gasteiger partial charge in [0.15, 0.2) is 0 Å². The van der Waals surface area contributed by atoms with Gasteiger partial charge in [-0.05, 0) is 30.7 Å². The van der Waals surface area contributed by atoms with E-state index < -0.39 is 5.82 Å². The highest BCUT2D eigenvalue weighted by atomic mass is 35.5. The number of carbonyl (C=O) groups excluding carboxylic acids is 1. The molecule has 1 amide bonds. The Morgan fingerprint density at radius 2 is 2.23 bits per heavy atom. The van der Waals surface area contributed by atoms with Crippen LogP contribution in [0.1, 0.15) is 16.8 Å². The first kappa shape index (κ1) is 14.7. The molecular formula is C15H14ClFN4O. The number of nitrogens with zero attached hydrogens (tertiary/aromatic N) is 3. The third kappa shape index (κ3) is 3.17. The van der Waals surface area contributed by atoms with Gasteiger partial charge in [-0.1, -0.05) is 11.6 Å². The molecule has 0 aliphatic carbocycles. The first-order valence-corrected chi connectivity index (χ1v) is 7.29. The molecule has 1 aliphatic rings. The van der Waals surface area contributed by atoms with Crippen molar-refractivity contribution in [2.24, 2.45) is 0 Å². The van der Waals surface area contributed by atoms with Crippen LogP contribution in [0, 0.1) is 5.82 Å². The van der Waals surface area contributed by atoms with Gasteiger partial charge in [0.1, 0.15) is 5.82 Å². The van der Waals surface area contributed by atoms with Crippen molar-refractivity contribution in [2.45, 2.75) is 12.5 Å². The van der Waals surface area contributed by atoms with Gasteiger partial charge in [0.2, 0.25) is 0 Å². The second-order valence-corrected chi connectivity index (χ2v) is 5.54. The van der Waals surface area contributed by atoms with E-state index in [-0.39, 0.29) is 17.0 Å². The minimum Gasteiger partial charge on any atom is -0.369 e. The molecule has 0 unspecified atom stereocenters. The monoisotopic (exact) mass is 320 g/mol. The van der Waals surface area contributed by atoms with Crippen molar-refractivity contribution in [1.82, 2.24) is 15.5 Å². The molecule has 0 radical (unpaired) electrons. The highest BCUT2D eigenvalue weighted by Gasteiger charge is 2.25. The average molecular weight is 321 g/mol. The van der Waals surface area contributed by atoms with E-state index in [1.165, 1.54) is 18.5 Å². The molecule has 1 fully saturated rings. The van der Waals surface area contributed by atoms with Gasteiger partial charge in [0.05, 0.1) is 23.0 Å². The molecule has 3 rings (SSSR count). The maximum absolute atomic E-state index is 13.2. The van der Waals surface area contributed by atoms with E-state index in [0.717, 1.165) is 18.7 Å². The van der Waals surface area contributed by atoms with Gasteiger partial charge in [0.25, 0.3) is 5.91 Å². The van der Waals surface area contributed by atoms with Crippen LogP contribution in [0.2, 0.25) is 5.02 Å². The van der Waals surface area contributed by atoms with Crippen LogP contribution in [0.15, 0.2) is 36.7 Å². The van der Waals surface area contributed by atoms with Crippen molar-refractivity contribution in [3.8, 4) is 0 Å². The molecule has 7 heteroatoms. The number of rotatable bonds is 3. The van der Waals surface area contributed by atoms with E-state index in [2.05, 4.69) is 20.4 Å². The molecule has 2 aromatic rings. The Bertz CT molecular complexity index is 682. The first-order chi connectivity index (χ1) is 10.6. The van der Waals surface area contributed by atoms with Gasteiger partial charge < -0.3 is 10.2 Å². The maximum Gasteiger partial charge on any atom is 0.253 e. The van der Waals surface area contributed by atoms with Crippen LogP contribution in [0.4, 0.5) is 10.1 Å². The fourth-order valence-corrected chi connectivity index (χ4v) is 2.66. The summed E-state index contributed by atoms with van der Waals surface area (Å²) < 4.78 is 13.2. The van der Waals surface area contributed by atoms with Crippen LogP contribution in [0.3, 0.4) is 0 Å². The number of nitrogens with one attached hydrogen (secondary N) is 1. The molecule has 5 nitrogen and oxygen atoms in total. The fraction of sp³-hybridized carbons (Fsp3) is 0.267. The normalized spacial score (nSPS) is 17.5. The van der Waals surface area contributed by atoms with Crippen LogP contribution in [-0.4, -0.2) is 35.2 Å². The van der Waals surface area contributed by atoms with Crippen LogP contribution in [0.5, 0.6) is 0 Å². The average Bonchev–Trinajstić information content (AvgIpc) is 2.99. The maximum atomic E-state index is 13.2. The molecule has 22 heavy (non-hydrogen) atoms. The molecule has 1 saturated heterocycles. The Balaban J connectivity index is 1.62. The number of hydrogen-bond acceptors (Lipinski definition) is 4. The number of carbonyl (C=O) groups is 1. The second kappa shape index (κ2) is 6.27. The summed E-state index contributed by atoms with van der Waals surface area (Å²) in [5.41, 5.74) is 1.34. The Labute approximate surface area is 132 Å². The summed E-state index contributed by atoms with van der Waals surface area (Å²) >= 11 is 5.81. The second-order valence-electron chi connectivity index (χ2n) is 5.13. The lowest BCUT2D eigenvalue weighted by Gasteiger charge is -2.19. The molecule has 0 spiro atoms. The van der Waals surface area contributed by atoms with E-state index in [1.54, 1.807) is 18.2 Å². The topological polar surface area (TPSA) is 58.1 Å². The Hall–Kier alpha value is -2.21. The number of aromatic nitrogens is 2. The van der Waals surface area contributed by atoms with Crippen molar-refractivity contribution in [1.29, 1.82) is 0 Å². The molecule has 0 saturated carbocycles. The van der Waals surface area contributed by atoms with Gasteiger partial charge in [-0.15, -0.1) is 0 Å². The van der Waals surface area contributed by atoms with E-state index in [1.807, 2.05) is 0 Å². The molecule has 1 aromatic heterocycles. The lowest BCUT2D eigenvalue weighted by molar-refractivity contribution is 0.0940. The van der Waals surface area contributed by atoms with Gasteiger partial charge in [-0.2, -0.15) is 10.2 Å². The van der Waals surface area contributed by atoms with Crippen LogP contribution < -0.4 is 10.2 Å². The van der Waals surface area contributed by atoms with E-state index in [4.69, 9.17) is 11.6 Å². The summed E-state index contributed by atoms with van der Waals surface area (Å²) in [5.74, 6) is -0.599. The highest BCUT2D eigenvalue weighted by Crippen LogP contribution is 2.25. The Morgan fingerprint density at radius 3 is 2.95 bits per heavy atom. The number of hydrogen-bond donors (Lipinski definition) is 1. The van der Waals surface area contributed by atoms with Crippen molar-refractivity contribution in [3.63, 3.8) is 0 Å². The lowest BCUT2D eigenvalue weighted by atomic mass is 10.2. The minimum absolute atomic E-state index is 0.0319. The highest BCUT2D eigenvalue weighted by molar-refractivity contribution is 6.31. The van der Waals surface area contributed by atoms with Gasteiger partial charge in [-0.3, -0.25) is 4.79 Å². The smallest absolute Gasteiger partial charge is 0.253 e. The van der Waals surface area contributed by atoms with E-state index in [0.29, 0.717) is 12.1 Å². The Kier molecular flexibility index (Phi) is 4.20. The SMILES string of the molecule is O=C(N[C@@H]1CCN(c2ccc(F)c(Cl)c2)C1)c1ccnnc1. The third-order valence-corrected chi connectivity index (χ3v) is 3.93. The van der Waals surface area contributed by atoms with Gasteiger partial charge >= 0.3 is 0 Å². The van der Waals surface area contributed by atoms with Crippen LogP contribution in [-0.2, 0) is 0 Å². The van der Waals surface area contributed by atoms with Gasteiger partial charge in [-0.25, -0.2) is 4.39 Å². The molecule has 0 bridgehead atoms. The number of halogens is 2. The molecule has 2 heterocycles. The standard InChI is InChI=1S/C15H14ClFN4O/c16-13-7-12(1-2-14(13)17)21-6-4-11(9-21)20-15(22)10-3-5-18-19-8-10/h1-3,5,7-8,11H,4,6,9H2,(H,20,22)/t11-/m1/s1. The summed E-state index contributed by atoms with van der Waals surface area (Å²) in [6.45, 7) is 1.44. The molecule has 1 atom stereocenters. The minimum atomic E-state index is -0.431. The molecule has 1 aliphatic heterocycles. The predicted octanol–water partition coefficient (Wildman–Crippen LogP) is 2.28. The number of amides is 1. The largest absolute Gasteiger partial charge is 0.369 e. The summed E-state index contributed by atoms with van der Waals surface area (Å²) in [4.78, 5) is 14.1. The van der Waals surface area contributed by atoms with E-state index in [9.17, 15) is 9.18 Å². The van der Waals surface area contributed by atoms with Crippen LogP contribution in [0.25, 0.3) is 0 Å². The van der Waals surface area contributed by atoms with Crippen LogP contribution >= 0.6 is 11.6 Å². The lowest BCUT2D eigenvalue weighted by Crippen LogP contribution is -2.37. The zero-order valence-electron chi connectivity index (χ0n) is 11.7. The van der Waals surface area contributed by atoms with Crippen molar-refractivity contribution < 1.29 is 9.18 Å². The summed E-state index contributed by atoms with van der Waals surface area (Å²) in [6.07, 6.45) is 3.73. The van der Waals surface area contributed by atoms with Crippen molar-refractivity contribution >= 4 is 23.2 Å². The van der Waals surface area contributed by atoms with E-state index >= 15 is 0 Å². The summed E-state index contributed by atoms with van der Waals surface area (Å²) in [5, 5.41) is 10.4. The molecule has 114 valence electrons. The molecular weight excluding hydrogens is 307 g/mol. The number of benzene rings is 1. The summed E-state index contributed by atoms with van der Waals surface area (Å²) in [6, 6.07) is 6.30. The quantitative estimate of drug-likeness (QED) is 0.942. The van der Waals surface area contributed by atoms with Crippen molar-refractivity contribution in [2.75, 3.05) is 18.0 Å².